The normalized spacial score (nSPS) is 39.6. The summed E-state index contributed by atoms with van der Waals surface area (Å²) in [5.74, 6) is 0.396. The Morgan fingerprint density at radius 1 is 1.75 bits per heavy atom. The van der Waals surface area contributed by atoms with E-state index in [1.807, 2.05) is 0 Å². The van der Waals surface area contributed by atoms with Gasteiger partial charge in [0.1, 0.15) is 0 Å². The minimum Gasteiger partial charge on any atom is -0.363 e. The Morgan fingerprint density at radius 2 is 2.58 bits per heavy atom. The molecule has 0 spiro atoms. The zero-order chi connectivity index (χ0) is 8.60. The van der Waals surface area contributed by atoms with E-state index >= 15 is 0 Å². The molecule has 2 rings (SSSR count). The van der Waals surface area contributed by atoms with Crippen molar-refractivity contribution in [2.75, 3.05) is 26.7 Å². The Bertz CT molecular complexity index is 195. The molecule has 68 valence electrons. The molecule has 0 aliphatic carbocycles. The van der Waals surface area contributed by atoms with E-state index in [2.05, 4.69) is 10.6 Å². The molecule has 0 aromatic carbocycles. The monoisotopic (exact) mass is 170 g/mol. The first-order valence-corrected chi connectivity index (χ1v) is 4.36. The Labute approximate surface area is 71.7 Å². The van der Waals surface area contributed by atoms with E-state index in [0.717, 1.165) is 19.6 Å². The Balaban J connectivity index is 2.21. The van der Waals surface area contributed by atoms with Gasteiger partial charge in [-0.3, -0.25) is 4.79 Å². The second-order valence-electron chi connectivity index (χ2n) is 3.43. The van der Waals surface area contributed by atoms with Crippen LogP contribution in [0.5, 0.6) is 0 Å². The Morgan fingerprint density at radius 3 is 3.33 bits per heavy atom. The van der Waals surface area contributed by atoms with Gasteiger partial charge in [-0.15, -0.1) is 0 Å². The van der Waals surface area contributed by atoms with Gasteiger partial charge in [-0.05, 0) is 6.42 Å². The van der Waals surface area contributed by atoms with Gasteiger partial charge in [-0.25, -0.2) is 0 Å². The molecule has 2 heterocycles. The fourth-order valence-electron chi connectivity index (χ4n) is 2.17. The lowest BCUT2D eigenvalue weighted by Crippen LogP contribution is -2.50. The zero-order valence-corrected chi connectivity index (χ0v) is 7.22. The fourth-order valence-corrected chi connectivity index (χ4v) is 2.17. The summed E-state index contributed by atoms with van der Waals surface area (Å²) in [4.78, 5) is 11.5. The maximum atomic E-state index is 11.5. The average Bonchev–Trinajstić information content (AvgIpc) is 2.60. The minimum atomic E-state index is -0.547. The molecule has 2 aliphatic rings. The Hall–Kier alpha value is -0.610. The molecule has 0 saturated carbocycles. The second kappa shape index (κ2) is 2.71. The molecule has 2 aliphatic heterocycles. The number of carbonyl (C=O) groups excluding carboxylic acids is 1. The summed E-state index contributed by atoms with van der Waals surface area (Å²) >= 11 is 0. The van der Waals surface area contributed by atoms with Crippen LogP contribution in [-0.4, -0.2) is 38.3 Å². The maximum Gasteiger partial charge on any atom is 0.253 e. The van der Waals surface area contributed by atoms with Crippen LogP contribution in [0.1, 0.15) is 6.42 Å². The van der Waals surface area contributed by atoms with Crippen LogP contribution in [0.15, 0.2) is 0 Å². The number of amides is 1. The molecular formula is C8H14N2O2. The number of hydrogen-bond acceptors (Lipinski definition) is 3. The van der Waals surface area contributed by atoms with Crippen molar-refractivity contribution in [3.8, 4) is 0 Å². The minimum absolute atomic E-state index is 0.0231. The maximum absolute atomic E-state index is 11.5. The molecule has 2 saturated heterocycles. The summed E-state index contributed by atoms with van der Waals surface area (Å²) in [5, 5.41) is 5.86. The molecule has 4 nitrogen and oxygen atoms in total. The summed E-state index contributed by atoms with van der Waals surface area (Å²) in [6.07, 6.45) is 1.00. The van der Waals surface area contributed by atoms with Crippen LogP contribution < -0.4 is 10.6 Å². The summed E-state index contributed by atoms with van der Waals surface area (Å²) in [6.45, 7) is 2.30. The highest BCUT2D eigenvalue weighted by atomic mass is 16.5. The summed E-state index contributed by atoms with van der Waals surface area (Å²) in [5.41, 5.74) is -0.547. The van der Waals surface area contributed by atoms with E-state index in [9.17, 15) is 4.79 Å². The van der Waals surface area contributed by atoms with Gasteiger partial charge in [0.05, 0.1) is 0 Å². The van der Waals surface area contributed by atoms with Crippen molar-refractivity contribution in [3.63, 3.8) is 0 Å². The van der Waals surface area contributed by atoms with E-state index < -0.39 is 5.60 Å². The standard InChI is InChI=1S/C8H14N2O2/c1-9-7(11)8-5-10-4-6(8)2-3-12-8/h6,10H,2-5H2,1H3,(H,9,11)/t6-,8+/m1/s1. The first-order valence-electron chi connectivity index (χ1n) is 4.36. The molecule has 2 fully saturated rings. The van der Waals surface area contributed by atoms with Crippen LogP contribution in [0, 0.1) is 5.92 Å². The van der Waals surface area contributed by atoms with E-state index in [1.165, 1.54) is 0 Å². The topological polar surface area (TPSA) is 50.4 Å². The van der Waals surface area contributed by atoms with Gasteiger partial charge < -0.3 is 15.4 Å². The van der Waals surface area contributed by atoms with Crippen LogP contribution >= 0.6 is 0 Å². The fraction of sp³-hybridized carbons (Fsp3) is 0.875. The van der Waals surface area contributed by atoms with E-state index in [4.69, 9.17) is 4.74 Å². The Kier molecular flexibility index (Phi) is 1.81. The number of rotatable bonds is 1. The summed E-state index contributed by atoms with van der Waals surface area (Å²) in [6, 6.07) is 0. The van der Waals surface area contributed by atoms with E-state index in [-0.39, 0.29) is 5.91 Å². The molecule has 0 unspecified atom stereocenters. The van der Waals surface area contributed by atoms with Crippen molar-refractivity contribution in [3.05, 3.63) is 0 Å². The summed E-state index contributed by atoms with van der Waals surface area (Å²) in [7, 11) is 1.66. The summed E-state index contributed by atoms with van der Waals surface area (Å²) < 4.78 is 5.54. The second-order valence-corrected chi connectivity index (χ2v) is 3.43. The predicted octanol–water partition coefficient (Wildman–Crippen LogP) is -0.889. The number of nitrogens with one attached hydrogen (secondary N) is 2. The van der Waals surface area contributed by atoms with Crippen LogP contribution in [0.3, 0.4) is 0 Å². The first kappa shape index (κ1) is 8.01. The van der Waals surface area contributed by atoms with Gasteiger partial charge >= 0.3 is 0 Å². The quantitative estimate of drug-likeness (QED) is 0.537. The lowest BCUT2D eigenvalue weighted by atomic mass is 9.90. The van der Waals surface area contributed by atoms with Crippen LogP contribution in [0.4, 0.5) is 0 Å². The van der Waals surface area contributed by atoms with Gasteiger partial charge in [0.2, 0.25) is 0 Å². The molecule has 0 aromatic heterocycles. The molecule has 12 heavy (non-hydrogen) atoms. The van der Waals surface area contributed by atoms with Crippen LogP contribution in [-0.2, 0) is 9.53 Å². The lowest BCUT2D eigenvalue weighted by Gasteiger charge is -2.24. The van der Waals surface area contributed by atoms with Crippen molar-refractivity contribution >= 4 is 5.91 Å². The van der Waals surface area contributed by atoms with Crippen molar-refractivity contribution in [1.29, 1.82) is 0 Å². The third-order valence-corrected chi connectivity index (χ3v) is 2.88. The highest BCUT2D eigenvalue weighted by molar-refractivity contribution is 5.86. The van der Waals surface area contributed by atoms with Crippen molar-refractivity contribution in [2.24, 2.45) is 5.92 Å². The number of likely N-dealkylation sites (N-methyl/N-ethyl adjacent to an activating group) is 1. The molecule has 2 N–H and O–H groups in total. The van der Waals surface area contributed by atoms with Crippen LogP contribution in [0.25, 0.3) is 0 Å². The van der Waals surface area contributed by atoms with Crippen molar-refractivity contribution < 1.29 is 9.53 Å². The molecule has 0 aromatic rings. The third-order valence-electron chi connectivity index (χ3n) is 2.88. The number of carbonyl (C=O) groups is 1. The highest BCUT2D eigenvalue weighted by Gasteiger charge is 2.53. The van der Waals surface area contributed by atoms with Crippen molar-refractivity contribution in [1.82, 2.24) is 10.6 Å². The molecule has 0 bridgehead atoms. The van der Waals surface area contributed by atoms with Crippen molar-refractivity contribution in [2.45, 2.75) is 12.0 Å². The molecule has 2 atom stereocenters. The van der Waals surface area contributed by atoms with Gasteiger partial charge in [-0.1, -0.05) is 0 Å². The largest absolute Gasteiger partial charge is 0.363 e. The molecule has 0 radical (unpaired) electrons. The lowest BCUT2D eigenvalue weighted by molar-refractivity contribution is -0.141. The van der Waals surface area contributed by atoms with Gasteiger partial charge in [-0.2, -0.15) is 0 Å². The average molecular weight is 170 g/mol. The van der Waals surface area contributed by atoms with E-state index in [1.54, 1.807) is 7.05 Å². The van der Waals surface area contributed by atoms with Crippen LogP contribution in [0.2, 0.25) is 0 Å². The predicted molar refractivity (Wildman–Crippen MR) is 43.7 cm³/mol. The number of fused-ring (bicyclic) bond motifs is 1. The highest BCUT2D eigenvalue weighted by Crippen LogP contribution is 2.35. The number of ether oxygens (including phenoxy) is 1. The van der Waals surface area contributed by atoms with Gasteiger partial charge in [0.25, 0.3) is 5.91 Å². The van der Waals surface area contributed by atoms with Gasteiger partial charge in [0.15, 0.2) is 5.60 Å². The molecule has 1 amide bonds. The molecule has 4 heteroatoms. The SMILES string of the molecule is CNC(=O)[C@]12CNC[C@H]1CCO2. The van der Waals surface area contributed by atoms with Gasteiger partial charge in [0, 0.05) is 32.7 Å². The smallest absolute Gasteiger partial charge is 0.253 e. The third kappa shape index (κ3) is 0.881. The first-order chi connectivity index (χ1) is 5.79. The van der Waals surface area contributed by atoms with E-state index in [0.29, 0.717) is 12.5 Å². The zero-order valence-electron chi connectivity index (χ0n) is 7.22. The number of hydrogen-bond donors (Lipinski definition) is 2. The molecular weight excluding hydrogens is 156 g/mol.